The maximum absolute atomic E-state index is 13.7. The summed E-state index contributed by atoms with van der Waals surface area (Å²) in [5, 5.41) is 2.80. The van der Waals surface area contributed by atoms with E-state index >= 15 is 0 Å². The van der Waals surface area contributed by atoms with Gasteiger partial charge >= 0.3 is 12.1 Å². The number of anilines is 1. The van der Waals surface area contributed by atoms with Crippen molar-refractivity contribution in [1.29, 1.82) is 0 Å². The Kier molecular flexibility index (Phi) is 9.03. The van der Waals surface area contributed by atoms with Crippen LogP contribution in [0.5, 0.6) is 0 Å². The highest BCUT2D eigenvalue weighted by Gasteiger charge is 2.49. The Hall–Kier alpha value is -2.39. The number of carbonyl (C=O) groups is 2. The predicted molar refractivity (Wildman–Crippen MR) is 136 cm³/mol. The quantitative estimate of drug-likeness (QED) is 0.252. The van der Waals surface area contributed by atoms with Crippen molar-refractivity contribution in [2.45, 2.75) is 76.0 Å². The van der Waals surface area contributed by atoms with E-state index in [1.807, 2.05) is 0 Å². The van der Waals surface area contributed by atoms with Crippen molar-refractivity contribution in [3.8, 4) is 0 Å². The first-order valence-corrected chi connectivity index (χ1v) is 12.7. The molecule has 11 heteroatoms. The second kappa shape index (κ2) is 11.4. The van der Waals surface area contributed by atoms with Crippen LogP contribution in [0.25, 0.3) is 0 Å². The van der Waals surface area contributed by atoms with Crippen LogP contribution in [0.15, 0.2) is 42.5 Å². The molecule has 1 unspecified atom stereocenters. The van der Waals surface area contributed by atoms with Crippen LogP contribution in [0.4, 0.5) is 27.6 Å². The molecular formula is C27H28Cl2F5NO3. The Morgan fingerprint density at radius 3 is 2.13 bits per heavy atom. The standard InChI is InChI=1S/C27H28Cl2F5NO3/c1-25(2,3)38-23(36)11-19(17-12-26(30,31)13-17)16-6-9-21(29)22(10-16)35-24(37)20(14-27(32,33)34)15-4-7-18(28)8-5-15/h4-10,17,19-20H,11-14H2,1-3H3,(H,35,37)/t19?,20-/m0/s1. The van der Waals surface area contributed by atoms with E-state index in [-0.39, 0.29) is 22.7 Å². The Morgan fingerprint density at radius 2 is 1.61 bits per heavy atom. The molecule has 0 aromatic heterocycles. The van der Waals surface area contributed by atoms with Crippen molar-refractivity contribution in [2.24, 2.45) is 5.92 Å². The SMILES string of the molecule is CC(C)(C)OC(=O)CC(c1ccc(Cl)c(NC(=O)[C@@H](CC(F)(F)F)c2ccc(Cl)cc2)c1)C1CC(F)(F)C1. The number of ether oxygens (including phenoxy) is 1. The van der Waals surface area contributed by atoms with Crippen molar-refractivity contribution in [3.05, 3.63) is 63.6 Å². The molecule has 0 saturated heterocycles. The van der Waals surface area contributed by atoms with E-state index < -0.39 is 66.6 Å². The van der Waals surface area contributed by atoms with Crippen LogP contribution in [0, 0.1) is 5.92 Å². The minimum Gasteiger partial charge on any atom is -0.460 e. The van der Waals surface area contributed by atoms with Gasteiger partial charge in [-0.1, -0.05) is 41.4 Å². The van der Waals surface area contributed by atoms with Crippen LogP contribution in [-0.4, -0.2) is 29.6 Å². The van der Waals surface area contributed by atoms with E-state index in [1.54, 1.807) is 26.8 Å². The number of esters is 1. The van der Waals surface area contributed by atoms with Gasteiger partial charge in [-0.2, -0.15) is 13.2 Å². The zero-order valence-corrected chi connectivity index (χ0v) is 22.5. The molecular weight excluding hydrogens is 552 g/mol. The van der Waals surface area contributed by atoms with Gasteiger partial charge < -0.3 is 10.1 Å². The normalized spacial score (nSPS) is 17.3. The molecule has 0 spiro atoms. The van der Waals surface area contributed by atoms with E-state index in [4.69, 9.17) is 27.9 Å². The molecule has 1 amide bonds. The highest BCUT2D eigenvalue weighted by Crippen LogP contribution is 2.51. The molecule has 3 rings (SSSR count). The van der Waals surface area contributed by atoms with Gasteiger partial charge in [0.15, 0.2) is 0 Å². The van der Waals surface area contributed by atoms with Crippen LogP contribution in [-0.2, 0) is 14.3 Å². The lowest BCUT2D eigenvalue weighted by Gasteiger charge is -2.40. The summed E-state index contributed by atoms with van der Waals surface area (Å²) in [6, 6.07) is 9.82. The summed E-state index contributed by atoms with van der Waals surface area (Å²) in [7, 11) is 0. The molecule has 1 fully saturated rings. The number of benzene rings is 2. The Morgan fingerprint density at radius 1 is 1.03 bits per heavy atom. The summed E-state index contributed by atoms with van der Waals surface area (Å²) in [4.78, 5) is 25.6. The zero-order chi connectivity index (χ0) is 28.5. The molecule has 2 aromatic carbocycles. The van der Waals surface area contributed by atoms with Crippen LogP contribution in [0.3, 0.4) is 0 Å². The first-order chi connectivity index (χ1) is 17.4. The Labute approximate surface area is 227 Å². The maximum atomic E-state index is 13.7. The summed E-state index contributed by atoms with van der Waals surface area (Å²) < 4.78 is 72.7. The van der Waals surface area contributed by atoms with E-state index in [1.165, 1.54) is 36.4 Å². The number of amides is 1. The second-order valence-corrected chi connectivity index (χ2v) is 11.4. The molecule has 208 valence electrons. The molecule has 2 aromatic rings. The van der Waals surface area contributed by atoms with Crippen molar-refractivity contribution in [3.63, 3.8) is 0 Å². The minimum atomic E-state index is -4.64. The van der Waals surface area contributed by atoms with E-state index in [2.05, 4.69) is 5.32 Å². The number of carbonyl (C=O) groups excluding carboxylic acids is 2. The fraction of sp³-hybridized carbons (Fsp3) is 0.481. The number of hydrogen-bond donors (Lipinski definition) is 1. The first-order valence-electron chi connectivity index (χ1n) is 11.9. The molecule has 1 N–H and O–H groups in total. The van der Waals surface area contributed by atoms with Gasteiger partial charge in [0.1, 0.15) is 5.60 Å². The topological polar surface area (TPSA) is 55.4 Å². The van der Waals surface area contributed by atoms with Crippen LogP contribution in [0.2, 0.25) is 10.0 Å². The van der Waals surface area contributed by atoms with Gasteiger partial charge in [-0.3, -0.25) is 9.59 Å². The molecule has 0 bridgehead atoms. The van der Waals surface area contributed by atoms with Gasteiger partial charge in [0, 0.05) is 17.9 Å². The third-order valence-electron chi connectivity index (χ3n) is 6.20. The lowest BCUT2D eigenvalue weighted by Crippen LogP contribution is -2.40. The summed E-state index contributed by atoms with van der Waals surface area (Å²) in [5.74, 6) is -7.17. The highest BCUT2D eigenvalue weighted by atomic mass is 35.5. The molecule has 1 saturated carbocycles. The largest absolute Gasteiger partial charge is 0.460 e. The fourth-order valence-corrected chi connectivity index (χ4v) is 4.78. The van der Waals surface area contributed by atoms with Crippen molar-refractivity contribution in [1.82, 2.24) is 0 Å². The smallest absolute Gasteiger partial charge is 0.390 e. The number of halogens is 7. The predicted octanol–water partition coefficient (Wildman–Crippen LogP) is 8.53. The van der Waals surface area contributed by atoms with Crippen molar-refractivity contribution >= 4 is 40.8 Å². The highest BCUT2D eigenvalue weighted by molar-refractivity contribution is 6.33. The number of alkyl halides is 5. The molecule has 0 aliphatic heterocycles. The number of nitrogens with one attached hydrogen (secondary N) is 1. The van der Waals surface area contributed by atoms with Crippen LogP contribution < -0.4 is 5.32 Å². The Balaban J connectivity index is 1.89. The lowest BCUT2D eigenvalue weighted by atomic mass is 9.69. The van der Waals surface area contributed by atoms with Gasteiger partial charge in [-0.05, 0) is 68.0 Å². The summed E-state index contributed by atoms with van der Waals surface area (Å²) in [5.41, 5.74) is -0.221. The first kappa shape index (κ1) is 30.2. The summed E-state index contributed by atoms with van der Waals surface area (Å²) >= 11 is 12.1. The van der Waals surface area contributed by atoms with Gasteiger partial charge in [-0.15, -0.1) is 0 Å². The van der Waals surface area contributed by atoms with Crippen molar-refractivity contribution in [2.75, 3.05) is 5.32 Å². The average Bonchev–Trinajstić information content (AvgIpc) is 2.74. The monoisotopic (exact) mass is 579 g/mol. The maximum Gasteiger partial charge on any atom is 0.390 e. The van der Waals surface area contributed by atoms with Gasteiger partial charge in [0.2, 0.25) is 11.8 Å². The molecule has 2 atom stereocenters. The van der Waals surface area contributed by atoms with Crippen LogP contribution in [0.1, 0.15) is 69.4 Å². The molecule has 4 nitrogen and oxygen atoms in total. The zero-order valence-electron chi connectivity index (χ0n) is 21.0. The molecule has 0 heterocycles. The minimum absolute atomic E-state index is 0.00979. The summed E-state index contributed by atoms with van der Waals surface area (Å²) in [6.45, 7) is 5.06. The third kappa shape index (κ3) is 8.56. The van der Waals surface area contributed by atoms with E-state index in [0.29, 0.717) is 10.6 Å². The second-order valence-electron chi connectivity index (χ2n) is 10.6. The van der Waals surface area contributed by atoms with E-state index in [9.17, 15) is 31.5 Å². The van der Waals surface area contributed by atoms with Gasteiger partial charge in [0.05, 0.1) is 29.5 Å². The molecule has 38 heavy (non-hydrogen) atoms. The molecule has 1 aliphatic rings. The molecule has 0 radical (unpaired) electrons. The van der Waals surface area contributed by atoms with E-state index in [0.717, 1.165) is 0 Å². The molecule has 1 aliphatic carbocycles. The Bertz CT molecular complexity index is 1150. The van der Waals surface area contributed by atoms with Crippen LogP contribution >= 0.6 is 23.2 Å². The van der Waals surface area contributed by atoms with Gasteiger partial charge in [-0.25, -0.2) is 8.78 Å². The fourth-order valence-electron chi connectivity index (χ4n) is 4.49. The average molecular weight is 580 g/mol. The van der Waals surface area contributed by atoms with Crippen molar-refractivity contribution < 1.29 is 36.3 Å². The number of hydrogen-bond acceptors (Lipinski definition) is 3. The van der Waals surface area contributed by atoms with Gasteiger partial charge in [0.25, 0.3) is 0 Å². The summed E-state index contributed by atoms with van der Waals surface area (Å²) in [6.07, 6.45) is -7.09. The lowest BCUT2D eigenvalue weighted by molar-refractivity contribution is -0.158. The number of rotatable bonds is 8. The third-order valence-corrected chi connectivity index (χ3v) is 6.78.